The van der Waals surface area contributed by atoms with Gasteiger partial charge in [0.05, 0.1) is 9.72 Å². The first kappa shape index (κ1) is 12.1. The van der Waals surface area contributed by atoms with Gasteiger partial charge in [0.2, 0.25) is 0 Å². The summed E-state index contributed by atoms with van der Waals surface area (Å²) in [4.78, 5) is 0. The van der Waals surface area contributed by atoms with Gasteiger partial charge in [-0.1, -0.05) is 23.2 Å². The van der Waals surface area contributed by atoms with E-state index < -0.39 is 10.1 Å². The summed E-state index contributed by atoms with van der Waals surface area (Å²) in [7, 11) is -4.21. The number of rotatable bonds is 1. The van der Waals surface area contributed by atoms with Crippen LogP contribution in [0.3, 0.4) is 0 Å². The molecular weight excluding hydrogens is 291 g/mol. The third kappa shape index (κ3) is 1.94. The molecule has 1 heterocycles. The second kappa shape index (κ2) is 3.85. The number of benzene rings is 1. The molecule has 0 spiro atoms. The van der Waals surface area contributed by atoms with E-state index in [9.17, 15) is 8.42 Å². The standard InChI is InChI=1S/C9H6Cl2O3S2/c1-4-6-2-5(10)3-7(11)8(6)15-9(4)16(12,13)14/h2-3H,1H3,(H,12,13,14). The van der Waals surface area contributed by atoms with E-state index in [4.69, 9.17) is 27.8 Å². The third-order valence-electron chi connectivity index (χ3n) is 2.15. The number of halogens is 2. The maximum atomic E-state index is 11.1. The van der Waals surface area contributed by atoms with Crippen LogP contribution in [0.5, 0.6) is 0 Å². The Morgan fingerprint density at radius 2 is 1.94 bits per heavy atom. The number of aryl methyl sites for hydroxylation is 1. The third-order valence-corrected chi connectivity index (χ3v) is 5.57. The molecule has 7 heteroatoms. The van der Waals surface area contributed by atoms with Crippen LogP contribution >= 0.6 is 34.5 Å². The predicted octanol–water partition coefficient (Wildman–Crippen LogP) is 3.76. The summed E-state index contributed by atoms with van der Waals surface area (Å²) in [6, 6.07) is 3.17. The summed E-state index contributed by atoms with van der Waals surface area (Å²) in [6.07, 6.45) is 0. The van der Waals surface area contributed by atoms with E-state index >= 15 is 0 Å². The van der Waals surface area contributed by atoms with Crippen molar-refractivity contribution >= 4 is 54.7 Å². The van der Waals surface area contributed by atoms with Gasteiger partial charge in [-0.05, 0) is 30.0 Å². The fourth-order valence-corrected chi connectivity index (χ4v) is 4.17. The minimum atomic E-state index is -4.21. The van der Waals surface area contributed by atoms with Crippen LogP contribution < -0.4 is 0 Å². The second-order valence-corrected chi connectivity index (χ2v) is 6.73. The van der Waals surface area contributed by atoms with Crippen molar-refractivity contribution in [3.8, 4) is 0 Å². The lowest BCUT2D eigenvalue weighted by molar-refractivity contribution is 0.485. The van der Waals surface area contributed by atoms with E-state index in [-0.39, 0.29) is 4.21 Å². The lowest BCUT2D eigenvalue weighted by Crippen LogP contribution is -1.96. The van der Waals surface area contributed by atoms with Crippen LogP contribution in [0.1, 0.15) is 5.56 Å². The van der Waals surface area contributed by atoms with Crippen molar-refractivity contribution in [1.29, 1.82) is 0 Å². The van der Waals surface area contributed by atoms with Crippen LogP contribution in [-0.4, -0.2) is 13.0 Å². The molecule has 0 fully saturated rings. The smallest absolute Gasteiger partial charge is 0.281 e. The Morgan fingerprint density at radius 1 is 1.31 bits per heavy atom. The second-order valence-electron chi connectivity index (χ2n) is 3.25. The molecule has 1 aromatic carbocycles. The van der Waals surface area contributed by atoms with Gasteiger partial charge in [-0.3, -0.25) is 4.55 Å². The van der Waals surface area contributed by atoms with Gasteiger partial charge < -0.3 is 0 Å². The Labute approximate surface area is 106 Å². The molecule has 0 saturated heterocycles. The van der Waals surface area contributed by atoms with Gasteiger partial charge in [0.15, 0.2) is 4.21 Å². The van der Waals surface area contributed by atoms with E-state index in [2.05, 4.69) is 0 Å². The number of fused-ring (bicyclic) bond motifs is 1. The average Bonchev–Trinajstić information content (AvgIpc) is 2.43. The fraction of sp³-hybridized carbons (Fsp3) is 0.111. The minimum Gasteiger partial charge on any atom is -0.281 e. The molecule has 0 aliphatic carbocycles. The van der Waals surface area contributed by atoms with E-state index in [1.54, 1.807) is 13.0 Å². The highest BCUT2D eigenvalue weighted by molar-refractivity contribution is 7.88. The first-order valence-corrected chi connectivity index (χ1v) is 7.17. The van der Waals surface area contributed by atoms with Crippen molar-refractivity contribution in [2.75, 3.05) is 0 Å². The summed E-state index contributed by atoms with van der Waals surface area (Å²) in [5.74, 6) is 0. The summed E-state index contributed by atoms with van der Waals surface area (Å²) in [6.45, 7) is 1.61. The zero-order valence-electron chi connectivity index (χ0n) is 7.99. The average molecular weight is 297 g/mol. The van der Waals surface area contributed by atoms with E-state index in [1.807, 2.05) is 0 Å². The first-order chi connectivity index (χ1) is 7.30. The summed E-state index contributed by atoms with van der Waals surface area (Å²) in [5, 5.41) is 1.46. The Bertz CT molecular complexity index is 674. The van der Waals surface area contributed by atoms with E-state index in [0.717, 1.165) is 11.3 Å². The monoisotopic (exact) mass is 296 g/mol. The molecule has 0 radical (unpaired) electrons. The number of thiophene rings is 1. The summed E-state index contributed by atoms with van der Waals surface area (Å²) < 4.78 is 31.8. The molecule has 0 amide bonds. The van der Waals surface area contributed by atoms with Gasteiger partial charge in [-0.15, -0.1) is 11.3 Å². The quantitative estimate of drug-likeness (QED) is 0.815. The Kier molecular flexibility index (Phi) is 2.92. The van der Waals surface area contributed by atoms with Crippen LogP contribution in [0.15, 0.2) is 16.3 Å². The van der Waals surface area contributed by atoms with Crippen molar-refractivity contribution < 1.29 is 13.0 Å². The zero-order valence-corrected chi connectivity index (χ0v) is 11.1. The van der Waals surface area contributed by atoms with Crippen molar-refractivity contribution in [1.82, 2.24) is 0 Å². The first-order valence-electron chi connectivity index (χ1n) is 4.16. The molecule has 0 aliphatic heterocycles. The molecule has 0 bridgehead atoms. The maximum Gasteiger partial charge on any atom is 0.304 e. The van der Waals surface area contributed by atoms with Gasteiger partial charge in [-0.25, -0.2) is 0 Å². The van der Waals surface area contributed by atoms with Crippen LogP contribution in [0.4, 0.5) is 0 Å². The highest BCUT2D eigenvalue weighted by atomic mass is 35.5. The zero-order chi connectivity index (χ0) is 12.1. The molecule has 16 heavy (non-hydrogen) atoms. The molecule has 0 saturated carbocycles. The minimum absolute atomic E-state index is 0.0910. The lowest BCUT2D eigenvalue weighted by Gasteiger charge is -1.96. The molecular formula is C9H6Cl2O3S2. The molecule has 2 aromatic rings. The topological polar surface area (TPSA) is 54.4 Å². The molecule has 2 rings (SSSR count). The molecule has 1 aromatic heterocycles. The molecule has 3 nitrogen and oxygen atoms in total. The van der Waals surface area contributed by atoms with Gasteiger partial charge in [-0.2, -0.15) is 8.42 Å². The molecule has 0 unspecified atom stereocenters. The Balaban J connectivity index is 2.94. The van der Waals surface area contributed by atoms with Gasteiger partial charge in [0.25, 0.3) is 0 Å². The van der Waals surface area contributed by atoms with Crippen LogP contribution in [0, 0.1) is 6.92 Å². The lowest BCUT2D eigenvalue weighted by atomic mass is 10.2. The van der Waals surface area contributed by atoms with Crippen LogP contribution in [-0.2, 0) is 10.1 Å². The SMILES string of the molecule is Cc1c(S(=O)(=O)O)sc2c(Cl)cc(Cl)cc12. The van der Waals surface area contributed by atoms with E-state index in [0.29, 0.717) is 25.7 Å². The van der Waals surface area contributed by atoms with Gasteiger partial charge in [0.1, 0.15) is 0 Å². The molecule has 86 valence electrons. The van der Waals surface area contributed by atoms with Crippen molar-refractivity contribution in [3.05, 3.63) is 27.7 Å². The number of hydrogen-bond acceptors (Lipinski definition) is 3. The maximum absolute atomic E-state index is 11.1. The molecule has 0 atom stereocenters. The van der Waals surface area contributed by atoms with E-state index in [1.165, 1.54) is 6.07 Å². The van der Waals surface area contributed by atoms with Gasteiger partial charge >= 0.3 is 10.1 Å². The number of hydrogen-bond donors (Lipinski definition) is 1. The summed E-state index contributed by atoms with van der Waals surface area (Å²) >= 11 is 12.7. The van der Waals surface area contributed by atoms with Crippen molar-refractivity contribution in [2.24, 2.45) is 0 Å². The highest BCUT2D eigenvalue weighted by Gasteiger charge is 2.20. The van der Waals surface area contributed by atoms with Crippen molar-refractivity contribution in [3.63, 3.8) is 0 Å². The van der Waals surface area contributed by atoms with Crippen LogP contribution in [0.2, 0.25) is 10.0 Å². The normalized spacial score (nSPS) is 12.2. The largest absolute Gasteiger partial charge is 0.304 e. The highest BCUT2D eigenvalue weighted by Crippen LogP contribution is 2.39. The molecule has 0 aliphatic rings. The Hall–Kier alpha value is -0.330. The summed E-state index contributed by atoms with van der Waals surface area (Å²) in [5.41, 5.74) is 0.465. The van der Waals surface area contributed by atoms with Gasteiger partial charge in [0, 0.05) is 5.02 Å². The predicted molar refractivity (Wildman–Crippen MR) is 66.4 cm³/mol. The fourth-order valence-electron chi connectivity index (χ4n) is 1.47. The molecule has 1 N–H and O–H groups in total. The van der Waals surface area contributed by atoms with Crippen molar-refractivity contribution in [2.45, 2.75) is 11.1 Å². The van der Waals surface area contributed by atoms with Crippen LogP contribution in [0.25, 0.3) is 10.1 Å². The Morgan fingerprint density at radius 3 is 2.50 bits per heavy atom.